The molecule has 0 radical (unpaired) electrons. The zero-order valence-electron chi connectivity index (χ0n) is 10.9. The number of benzene rings is 1. The maximum atomic E-state index is 12.4. The molecule has 0 spiro atoms. The molecule has 0 aromatic heterocycles. The lowest BCUT2D eigenvalue weighted by molar-refractivity contribution is -0.136. The van der Waals surface area contributed by atoms with Crippen molar-refractivity contribution in [2.24, 2.45) is 0 Å². The lowest BCUT2D eigenvalue weighted by atomic mass is 10.2. The van der Waals surface area contributed by atoms with Crippen LogP contribution in [-0.2, 0) is 14.4 Å². The van der Waals surface area contributed by atoms with Gasteiger partial charge in [0.05, 0.1) is 0 Å². The van der Waals surface area contributed by atoms with E-state index in [4.69, 9.17) is 4.42 Å². The first kappa shape index (κ1) is 12.5. The van der Waals surface area contributed by atoms with Crippen molar-refractivity contribution in [2.45, 2.75) is 6.04 Å². The van der Waals surface area contributed by atoms with Crippen LogP contribution in [-0.4, -0.2) is 27.4 Å². The first-order valence-corrected chi connectivity index (χ1v) is 6.36. The number of ketones is 1. The molecule has 1 saturated heterocycles. The standard InChI is InChI=1S/C14H7N3O5/c18-10-9(11(19)15-12(10)20)17-14(21)7-5-6-3-1-2-4-8(6)22-13(7)16-17/h1-5,9H,(H,15,19,20). The Morgan fingerprint density at radius 1 is 1.14 bits per heavy atom. The summed E-state index contributed by atoms with van der Waals surface area (Å²) in [6.45, 7) is 0. The van der Waals surface area contributed by atoms with Crippen LogP contribution in [0.25, 0.3) is 22.4 Å². The van der Waals surface area contributed by atoms with E-state index in [1.807, 2.05) is 5.32 Å². The Morgan fingerprint density at radius 2 is 1.91 bits per heavy atom. The number of amides is 2. The molecule has 1 aromatic rings. The molecule has 3 heterocycles. The van der Waals surface area contributed by atoms with Crippen molar-refractivity contribution < 1.29 is 18.8 Å². The van der Waals surface area contributed by atoms with Crippen LogP contribution in [0.1, 0.15) is 6.04 Å². The number of para-hydroxylation sites is 1. The van der Waals surface area contributed by atoms with Gasteiger partial charge >= 0.3 is 0 Å². The molecule has 8 heteroatoms. The molecule has 0 bridgehead atoms. The Balaban J connectivity index is 1.99. The van der Waals surface area contributed by atoms with E-state index < -0.39 is 29.2 Å². The van der Waals surface area contributed by atoms with Gasteiger partial charge in [-0.2, -0.15) is 0 Å². The number of aromatic nitrogens is 2. The fourth-order valence-electron chi connectivity index (χ4n) is 2.45. The van der Waals surface area contributed by atoms with Crippen LogP contribution in [0.4, 0.5) is 0 Å². The second-order valence-corrected chi connectivity index (χ2v) is 4.84. The van der Waals surface area contributed by atoms with Crippen LogP contribution in [0.2, 0.25) is 0 Å². The molecule has 1 aromatic carbocycles. The summed E-state index contributed by atoms with van der Waals surface area (Å²) in [7, 11) is 0. The summed E-state index contributed by atoms with van der Waals surface area (Å²) in [6, 6.07) is 7.00. The van der Waals surface area contributed by atoms with E-state index in [2.05, 4.69) is 5.10 Å². The maximum absolute atomic E-state index is 12.4. The summed E-state index contributed by atoms with van der Waals surface area (Å²) < 4.78 is 6.19. The molecule has 0 aliphatic carbocycles. The van der Waals surface area contributed by atoms with Crippen molar-refractivity contribution in [3.05, 3.63) is 40.7 Å². The summed E-state index contributed by atoms with van der Waals surface area (Å²) in [5.41, 5.74) is -0.00993. The predicted molar refractivity (Wildman–Crippen MR) is 72.1 cm³/mol. The second-order valence-electron chi connectivity index (χ2n) is 4.84. The maximum Gasteiger partial charge on any atom is 0.296 e. The summed E-state index contributed by atoms with van der Waals surface area (Å²) in [4.78, 5) is 47.0. The highest BCUT2D eigenvalue weighted by Gasteiger charge is 2.44. The Kier molecular flexibility index (Phi) is 2.32. The molecule has 1 unspecified atom stereocenters. The normalized spacial score (nSPS) is 18.4. The number of fused-ring (bicyclic) bond motifs is 2. The van der Waals surface area contributed by atoms with Crippen molar-refractivity contribution in [3.8, 4) is 11.5 Å². The average molecular weight is 297 g/mol. The third-order valence-corrected chi connectivity index (χ3v) is 3.49. The summed E-state index contributed by atoms with van der Waals surface area (Å²) >= 11 is 0. The lowest BCUT2D eigenvalue weighted by Gasteiger charge is -2.01. The Labute approximate surface area is 121 Å². The van der Waals surface area contributed by atoms with Crippen molar-refractivity contribution in [1.82, 2.24) is 15.1 Å². The second kappa shape index (κ2) is 4.10. The topological polar surface area (TPSA) is 111 Å². The molecule has 108 valence electrons. The first-order chi connectivity index (χ1) is 10.6. The van der Waals surface area contributed by atoms with Crippen molar-refractivity contribution >= 4 is 28.6 Å². The number of rotatable bonds is 1. The van der Waals surface area contributed by atoms with Crippen LogP contribution in [0.15, 0.2) is 39.5 Å². The molecular formula is C14H7N3O5. The van der Waals surface area contributed by atoms with Gasteiger partial charge in [0.25, 0.3) is 23.2 Å². The van der Waals surface area contributed by atoms with Crippen LogP contribution >= 0.6 is 0 Å². The monoisotopic (exact) mass is 297 g/mol. The molecule has 3 aliphatic heterocycles. The fraction of sp³-hybridized carbons (Fsp3) is 0.0714. The highest BCUT2D eigenvalue weighted by Crippen LogP contribution is 2.25. The number of hydrogen-bond acceptors (Lipinski definition) is 6. The first-order valence-electron chi connectivity index (χ1n) is 6.36. The number of Topliss-reactive ketones (excluding diaryl/α,β-unsaturated/α-hetero) is 1. The number of imide groups is 1. The largest absolute Gasteiger partial charge is 0.436 e. The molecule has 3 aliphatic rings. The molecule has 2 amide bonds. The molecule has 1 atom stereocenters. The Hall–Kier alpha value is -3.29. The molecule has 22 heavy (non-hydrogen) atoms. The van der Waals surface area contributed by atoms with E-state index in [1.165, 1.54) is 0 Å². The van der Waals surface area contributed by atoms with Crippen LogP contribution in [0, 0.1) is 0 Å². The smallest absolute Gasteiger partial charge is 0.296 e. The quantitative estimate of drug-likeness (QED) is 0.380. The number of hydrogen-bond donors (Lipinski definition) is 1. The molecule has 4 rings (SSSR count). The van der Waals surface area contributed by atoms with E-state index >= 15 is 0 Å². The van der Waals surface area contributed by atoms with E-state index in [-0.39, 0.29) is 11.5 Å². The van der Waals surface area contributed by atoms with Crippen LogP contribution in [0.5, 0.6) is 0 Å². The third-order valence-electron chi connectivity index (χ3n) is 3.49. The van der Waals surface area contributed by atoms with Gasteiger partial charge in [-0.15, -0.1) is 5.10 Å². The predicted octanol–water partition coefficient (Wildman–Crippen LogP) is -0.139. The van der Waals surface area contributed by atoms with Gasteiger partial charge < -0.3 is 4.42 Å². The number of carbonyl (C=O) groups excluding carboxylic acids is 3. The number of nitrogens with zero attached hydrogens (tertiary/aromatic N) is 2. The number of nitrogens with one attached hydrogen (secondary N) is 1. The van der Waals surface area contributed by atoms with E-state index in [0.29, 0.717) is 15.7 Å². The van der Waals surface area contributed by atoms with Crippen molar-refractivity contribution in [2.75, 3.05) is 0 Å². The van der Waals surface area contributed by atoms with Gasteiger partial charge in [-0.05, 0) is 12.1 Å². The zero-order valence-corrected chi connectivity index (χ0v) is 10.9. The highest BCUT2D eigenvalue weighted by molar-refractivity contribution is 6.48. The zero-order chi connectivity index (χ0) is 15.4. The van der Waals surface area contributed by atoms with Gasteiger partial charge in [-0.1, -0.05) is 18.2 Å². The molecule has 8 nitrogen and oxygen atoms in total. The van der Waals surface area contributed by atoms with Gasteiger partial charge in [0.1, 0.15) is 11.1 Å². The number of carbonyl (C=O) groups is 3. The molecular weight excluding hydrogens is 290 g/mol. The molecule has 1 fully saturated rings. The molecule has 1 N–H and O–H groups in total. The van der Waals surface area contributed by atoms with Gasteiger partial charge in [-0.25, -0.2) is 4.68 Å². The fourth-order valence-corrected chi connectivity index (χ4v) is 2.45. The van der Waals surface area contributed by atoms with E-state index in [0.717, 1.165) is 0 Å². The van der Waals surface area contributed by atoms with Crippen LogP contribution in [0.3, 0.4) is 0 Å². The minimum atomic E-state index is -1.58. The van der Waals surface area contributed by atoms with Gasteiger partial charge in [0, 0.05) is 5.39 Å². The third kappa shape index (κ3) is 1.54. The SMILES string of the molecule is O=C1NC(=O)C(n2nc3oc4ccccc4cc-3c2=O)C1=O. The van der Waals surface area contributed by atoms with Gasteiger partial charge in [-0.3, -0.25) is 24.5 Å². The highest BCUT2D eigenvalue weighted by atomic mass is 16.3. The van der Waals surface area contributed by atoms with E-state index in [9.17, 15) is 19.2 Å². The van der Waals surface area contributed by atoms with Gasteiger partial charge in [0.15, 0.2) is 0 Å². The van der Waals surface area contributed by atoms with Crippen molar-refractivity contribution in [3.63, 3.8) is 0 Å². The average Bonchev–Trinajstić information content (AvgIpc) is 2.94. The van der Waals surface area contributed by atoms with E-state index in [1.54, 1.807) is 30.3 Å². The lowest BCUT2D eigenvalue weighted by Crippen LogP contribution is -2.31. The minimum absolute atomic E-state index is 0.00338. The molecule has 0 saturated carbocycles. The summed E-state index contributed by atoms with van der Waals surface area (Å²) in [6.07, 6.45) is 0. The van der Waals surface area contributed by atoms with Crippen LogP contribution < -0.4 is 10.9 Å². The summed E-state index contributed by atoms with van der Waals surface area (Å²) in [5.74, 6) is -2.93. The minimum Gasteiger partial charge on any atom is -0.436 e. The van der Waals surface area contributed by atoms with Crippen molar-refractivity contribution in [1.29, 1.82) is 0 Å². The Bertz CT molecular complexity index is 999. The van der Waals surface area contributed by atoms with Gasteiger partial charge in [0.2, 0.25) is 11.9 Å². The Morgan fingerprint density at radius 3 is 2.64 bits per heavy atom. The summed E-state index contributed by atoms with van der Waals surface area (Å²) in [5, 5.41) is 6.43.